The zero-order chi connectivity index (χ0) is 16.9. The number of nitrogens with one attached hydrogen (secondary N) is 1. The van der Waals surface area contributed by atoms with Gasteiger partial charge in [-0.15, -0.1) is 0 Å². The second kappa shape index (κ2) is 7.62. The van der Waals surface area contributed by atoms with E-state index in [4.69, 9.17) is 0 Å². The molecular weight excluding hydrogens is 300 g/mol. The van der Waals surface area contributed by atoms with Crippen molar-refractivity contribution in [1.29, 1.82) is 0 Å². The van der Waals surface area contributed by atoms with Crippen molar-refractivity contribution in [3.63, 3.8) is 0 Å². The minimum absolute atomic E-state index is 0.0504. The monoisotopic (exact) mass is 326 g/mol. The van der Waals surface area contributed by atoms with E-state index < -0.39 is 0 Å². The molecule has 0 spiro atoms. The molecule has 1 saturated heterocycles. The van der Waals surface area contributed by atoms with Crippen LogP contribution in [0, 0.1) is 6.92 Å². The van der Waals surface area contributed by atoms with Gasteiger partial charge in [0.2, 0.25) is 5.91 Å². The number of aromatic nitrogens is 2. The van der Waals surface area contributed by atoms with Gasteiger partial charge in [0.15, 0.2) is 0 Å². The molecule has 1 aliphatic rings. The van der Waals surface area contributed by atoms with Crippen molar-refractivity contribution in [2.24, 2.45) is 0 Å². The number of anilines is 1. The van der Waals surface area contributed by atoms with Crippen molar-refractivity contribution in [1.82, 2.24) is 14.7 Å². The average Bonchev–Trinajstić information content (AvgIpc) is 3.03. The first-order chi connectivity index (χ1) is 11.6. The Morgan fingerprint density at radius 3 is 2.50 bits per heavy atom. The number of nitrogens with zero attached hydrogens (tertiary/aromatic N) is 3. The molecule has 1 unspecified atom stereocenters. The third kappa shape index (κ3) is 4.03. The largest absolute Gasteiger partial charge is 0.324 e. The van der Waals surface area contributed by atoms with Crippen LogP contribution < -0.4 is 5.32 Å². The Kier molecular flexibility index (Phi) is 5.30. The standard InChI is InChI=1S/C19H26N4O/c1-15-10-11-20-23(15)16(2)19(24)21-18-8-6-17(7-9-18)14-22-12-4-3-5-13-22/h6-11,16H,3-5,12-14H2,1-2H3,(H,21,24). The lowest BCUT2D eigenvalue weighted by Crippen LogP contribution is -2.29. The molecule has 0 bridgehead atoms. The fraction of sp³-hybridized carbons (Fsp3) is 0.474. The summed E-state index contributed by atoms with van der Waals surface area (Å²) < 4.78 is 1.74. The lowest BCUT2D eigenvalue weighted by Gasteiger charge is -2.26. The van der Waals surface area contributed by atoms with Crippen molar-refractivity contribution in [2.75, 3.05) is 18.4 Å². The molecule has 1 amide bonds. The molecule has 1 aliphatic heterocycles. The highest BCUT2D eigenvalue weighted by molar-refractivity contribution is 5.93. The fourth-order valence-electron chi connectivity index (χ4n) is 3.21. The first-order valence-electron chi connectivity index (χ1n) is 8.76. The topological polar surface area (TPSA) is 50.2 Å². The molecule has 2 heterocycles. The molecule has 24 heavy (non-hydrogen) atoms. The summed E-state index contributed by atoms with van der Waals surface area (Å²) in [7, 11) is 0. The Morgan fingerprint density at radius 1 is 1.17 bits per heavy atom. The lowest BCUT2D eigenvalue weighted by atomic mass is 10.1. The lowest BCUT2D eigenvalue weighted by molar-refractivity contribution is -0.119. The summed E-state index contributed by atoms with van der Waals surface area (Å²) >= 11 is 0. The van der Waals surface area contributed by atoms with Crippen LogP contribution in [0.25, 0.3) is 0 Å². The third-order valence-electron chi connectivity index (χ3n) is 4.69. The molecule has 2 aromatic rings. The summed E-state index contributed by atoms with van der Waals surface area (Å²) in [6.45, 7) is 7.20. The fourth-order valence-corrected chi connectivity index (χ4v) is 3.21. The van der Waals surface area contributed by atoms with Gasteiger partial charge in [-0.05, 0) is 63.5 Å². The maximum absolute atomic E-state index is 12.4. The van der Waals surface area contributed by atoms with E-state index in [-0.39, 0.29) is 11.9 Å². The number of amides is 1. The number of rotatable bonds is 5. The Bertz CT molecular complexity index is 671. The predicted octanol–water partition coefficient (Wildman–Crippen LogP) is 3.38. The van der Waals surface area contributed by atoms with Crippen LogP contribution in [0.4, 0.5) is 5.69 Å². The van der Waals surface area contributed by atoms with Gasteiger partial charge in [0.1, 0.15) is 6.04 Å². The van der Waals surface area contributed by atoms with Gasteiger partial charge < -0.3 is 5.32 Å². The number of carbonyl (C=O) groups excluding carboxylic acids is 1. The highest BCUT2D eigenvalue weighted by Crippen LogP contribution is 2.17. The summed E-state index contributed by atoms with van der Waals surface area (Å²) in [6, 6.07) is 9.76. The van der Waals surface area contributed by atoms with E-state index in [0.29, 0.717) is 0 Å². The molecule has 1 N–H and O–H groups in total. The molecule has 5 heteroatoms. The number of hydrogen-bond donors (Lipinski definition) is 1. The maximum atomic E-state index is 12.4. The van der Waals surface area contributed by atoms with Crippen molar-refractivity contribution in [3.8, 4) is 0 Å². The smallest absolute Gasteiger partial charge is 0.248 e. The Labute approximate surface area is 143 Å². The van der Waals surface area contributed by atoms with E-state index in [9.17, 15) is 4.79 Å². The average molecular weight is 326 g/mol. The quantitative estimate of drug-likeness (QED) is 0.916. The second-order valence-electron chi connectivity index (χ2n) is 6.62. The van der Waals surface area contributed by atoms with Crippen LogP contribution in [0.2, 0.25) is 0 Å². The predicted molar refractivity (Wildman–Crippen MR) is 95.9 cm³/mol. The number of likely N-dealkylation sites (tertiary alicyclic amines) is 1. The molecule has 1 fully saturated rings. The van der Waals surface area contributed by atoms with E-state index in [0.717, 1.165) is 17.9 Å². The van der Waals surface area contributed by atoms with Crippen LogP contribution in [0.15, 0.2) is 36.5 Å². The molecule has 1 atom stereocenters. The van der Waals surface area contributed by atoms with Crippen molar-refractivity contribution >= 4 is 11.6 Å². The number of aryl methyl sites for hydroxylation is 1. The molecule has 3 rings (SSSR count). The van der Waals surface area contributed by atoms with E-state index in [2.05, 4.69) is 27.4 Å². The summed E-state index contributed by atoms with van der Waals surface area (Å²) in [5.41, 5.74) is 3.11. The molecular formula is C19H26N4O. The number of piperidine rings is 1. The summed E-state index contributed by atoms with van der Waals surface area (Å²) in [5, 5.41) is 7.18. The summed E-state index contributed by atoms with van der Waals surface area (Å²) in [4.78, 5) is 14.9. The number of hydrogen-bond acceptors (Lipinski definition) is 3. The van der Waals surface area contributed by atoms with Crippen LogP contribution >= 0.6 is 0 Å². The minimum Gasteiger partial charge on any atom is -0.324 e. The van der Waals surface area contributed by atoms with Crippen LogP contribution in [0.1, 0.15) is 43.5 Å². The first kappa shape index (κ1) is 16.7. The maximum Gasteiger partial charge on any atom is 0.248 e. The normalized spacial score (nSPS) is 16.8. The minimum atomic E-state index is -0.326. The van der Waals surface area contributed by atoms with E-state index in [1.54, 1.807) is 10.9 Å². The molecule has 128 valence electrons. The van der Waals surface area contributed by atoms with E-state index in [1.807, 2.05) is 32.0 Å². The second-order valence-corrected chi connectivity index (χ2v) is 6.62. The molecule has 0 aliphatic carbocycles. The van der Waals surface area contributed by atoms with Crippen molar-refractivity contribution in [2.45, 2.75) is 45.7 Å². The molecule has 5 nitrogen and oxygen atoms in total. The summed E-state index contributed by atoms with van der Waals surface area (Å²) in [6.07, 6.45) is 5.68. The zero-order valence-electron chi connectivity index (χ0n) is 14.5. The Balaban J connectivity index is 1.57. The SMILES string of the molecule is Cc1ccnn1C(C)C(=O)Nc1ccc(CN2CCCCC2)cc1. The molecule has 0 saturated carbocycles. The molecule has 0 radical (unpaired) electrons. The van der Waals surface area contributed by atoms with E-state index >= 15 is 0 Å². The van der Waals surface area contributed by atoms with Gasteiger partial charge in [-0.2, -0.15) is 5.10 Å². The number of carbonyl (C=O) groups is 1. The Morgan fingerprint density at radius 2 is 1.88 bits per heavy atom. The van der Waals surface area contributed by atoms with Crippen molar-refractivity contribution < 1.29 is 4.79 Å². The number of benzene rings is 1. The Hall–Kier alpha value is -2.14. The van der Waals surface area contributed by atoms with Gasteiger partial charge in [0.05, 0.1) is 0 Å². The van der Waals surface area contributed by atoms with Gasteiger partial charge in [-0.25, -0.2) is 0 Å². The summed E-state index contributed by atoms with van der Waals surface area (Å²) in [5.74, 6) is -0.0504. The van der Waals surface area contributed by atoms with Gasteiger partial charge in [0.25, 0.3) is 0 Å². The van der Waals surface area contributed by atoms with Gasteiger partial charge in [-0.1, -0.05) is 18.6 Å². The van der Waals surface area contributed by atoms with Crippen LogP contribution in [0.5, 0.6) is 0 Å². The highest BCUT2D eigenvalue weighted by atomic mass is 16.2. The van der Waals surface area contributed by atoms with Gasteiger partial charge in [0, 0.05) is 24.1 Å². The van der Waals surface area contributed by atoms with Gasteiger partial charge >= 0.3 is 0 Å². The zero-order valence-corrected chi connectivity index (χ0v) is 14.5. The molecule has 1 aromatic carbocycles. The van der Waals surface area contributed by atoms with Crippen LogP contribution in [-0.4, -0.2) is 33.7 Å². The van der Waals surface area contributed by atoms with Crippen molar-refractivity contribution in [3.05, 3.63) is 47.8 Å². The first-order valence-corrected chi connectivity index (χ1v) is 8.76. The van der Waals surface area contributed by atoms with E-state index in [1.165, 1.54) is 37.9 Å². The highest BCUT2D eigenvalue weighted by Gasteiger charge is 2.17. The molecule has 1 aromatic heterocycles. The van der Waals surface area contributed by atoms with Crippen LogP contribution in [-0.2, 0) is 11.3 Å². The third-order valence-corrected chi connectivity index (χ3v) is 4.69. The van der Waals surface area contributed by atoms with Gasteiger partial charge in [-0.3, -0.25) is 14.4 Å². The van der Waals surface area contributed by atoms with Crippen LogP contribution in [0.3, 0.4) is 0 Å².